The van der Waals surface area contributed by atoms with Gasteiger partial charge in [-0.3, -0.25) is 4.68 Å². The van der Waals surface area contributed by atoms with Gasteiger partial charge in [0.1, 0.15) is 0 Å². The van der Waals surface area contributed by atoms with E-state index in [9.17, 15) is 0 Å². The fourth-order valence-corrected chi connectivity index (χ4v) is 3.24. The van der Waals surface area contributed by atoms with E-state index >= 15 is 0 Å². The molecular formula is C13H16BrN3S. The maximum Gasteiger partial charge on any atom is 0.0698 e. The Hall–Kier alpha value is -0.780. The minimum atomic E-state index is -0.0295. The second-order valence-corrected chi connectivity index (χ2v) is 6.18. The number of hydrogen-bond acceptors (Lipinski definition) is 3. The summed E-state index contributed by atoms with van der Waals surface area (Å²) >= 11 is 5.25. The van der Waals surface area contributed by atoms with Crippen molar-refractivity contribution in [3.05, 3.63) is 46.2 Å². The van der Waals surface area contributed by atoms with Crippen molar-refractivity contribution in [3.8, 4) is 0 Å². The van der Waals surface area contributed by atoms with Gasteiger partial charge in [-0.1, -0.05) is 17.7 Å². The third-order valence-electron chi connectivity index (χ3n) is 2.74. The molecule has 1 unspecified atom stereocenters. The van der Waals surface area contributed by atoms with E-state index in [-0.39, 0.29) is 6.04 Å². The van der Waals surface area contributed by atoms with Crippen LogP contribution in [-0.2, 0) is 7.05 Å². The van der Waals surface area contributed by atoms with Crippen molar-refractivity contribution in [3.63, 3.8) is 0 Å². The van der Waals surface area contributed by atoms with Crippen molar-refractivity contribution in [2.75, 3.05) is 5.75 Å². The molecule has 0 aliphatic heterocycles. The minimum Gasteiger partial charge on any atom is -0.322 e. The third kappa shape index (κ3) is 3.16. The molecule has 0 aliphatic carbocycles. The summed E-state index contributed by atoms with van der Waals surface area (Å²) in [6, 6.07) is 8.47. The van der Waals surface area contributed by atoms with Gasteiger partial charge in [-0.15, -0.1) is 11.8 Å². The zero-order valence-electron chi connectivity index (χ0n) is 10.4. The van der Waals surface area contributed by atoms with E-state index < -0.39 is 0 Å². The molecular weight excluding hydrogens is 310 g/mol. The highest BCUT2D eigenvalue weighted by Gasteiger charge is 2.14. The molecule has 1 aromatic heterocycles. The SMILES string of the molecule is Cc1ccc(SCC(N)c2c(Br)cnn2C)cc1. The molecule has 1 heterocycles. The fourth-order valence-electron chi connectivity index (χ4n) is 1.74. The van der Waals surface area contributed by atoms with Crippen molar-refractivity contribution in [2.24, 2.45) is 12.8 Å². The van der Waals surface area contributed by atoms with E-state index in [1.54, 1.807) is 18.0 Å². The van der Waals surface area contributed by atoms with E-state index in [0.29, 0.717) is 0 Å². The lowest BCUT2D eigenvalue weighted by Crippen LogP contribution is -2.17. The molecule has 0 saturated carbocycles. The summed E-state index contributed by atoms with van der Waals surface area (Å²) in [6.07, 6.45) is 1.78. The zero-order chi connectivity index (χ0) is 13.1. The predicted octanol–water partition coefficient (Wildman–Crippen LogP) is 3.28. The molecule has 0 saturated heterocycles. The Balaban J connectivity index is 2.00. The first-order chi connectivity index (χ1) is 8.58. The Morgan fingerprint density at radius 2 is 2.06 bits per heavy atom. The second kappa shape index (κ2) is 5.91. The van der Waals surface area contributed by atoms with Gasteiger partial charge in [0.25, 0.3) is 0 Å². The molecule has 2 rings (SSSR count). The molecule has 18 heavy (non-hydrogen) atoms. The molecule has 0 spiro atoms. The van der Waals surface area contributed by atoms with Crippen LogP contribution in [0, 0.1) is 6.92 Å². The molecule has 3 nitrogen and oxygen atoms in total. The summed E-state index contributed by atoms with van der Waals surface area (Å²) in [7, 11) is 1.91. The van der Waals surface area contributed by atoms with E-state index in [1.807, 2.05) is 11.7 Å². The number of halogens is 1. The lowest BCUT2D eigenvalue weighted by atomic mass is 10.2. The minimum absolute atomic E-state index is 0.0295. The Morgan fingerprint density at radius 3 is 2.61 bits per heavy atom. The van der Waals surface area contributed by atoms with Crippen LogP contribution < -0.4 is 5.73 Å². The molecule has 1 atom stereocenters. The summed E-state index contributed by atoms with van der Waals surface area (Å²) < 4.78 is 2.80. The normalized spacial score (nSPS) is 12.7. The maximum absolute atomic E-state index is 6.21. The van der Waals surface area contributed by atoms with Gasteiger partial charge in [0, 0.05) is 17.7 Å². The van der Waals surface area contributed by atoms with Gasteiger partial charge in [0.2, 0.25) is 0 Å². The first-order valence-electron chi connectivity index (χ1n) is 5.70. The number of aromatic nitrogens is 2. The van der Waals surface area contributed by atoms with Gasteiger partial charge in [-0.2, -0.15) is 5.10 Å². The van der Waals surface area contributed by atoms with Crippen LogP contribution in [0.3, 0.4) is 0 Å². The van der Waals surface area contributed by atoms with Crippen molar-refractivity contribution < 1.29 is 0 Å². The summed E-state index contributed by atoms with van der Waals surface area (Å²) in [6.45, 7) is 2.09. The van der Waals surface area contributed by atoms with Crippen molar-refractivity contribution in [1.82, 2.24) is 9.78 Å². The van der Waals surface area contributed by atoms with Gasteiger partial charge in [-0.25, -0.2) is 0 Å². The Labute approximate surface area is 120 Å². The van der Waals surface area contributed by atoms with Gasteiger partial charge in [0.05, 0.1) is 22.4 Å². The van der Waals surface area contributed by atoms with Gasteiger partial charge >= 0.3 is 0 Å². The van der Waals surface area contributed by atoms with E-state index in [2.05, 4.69) is 52.2 Å². The molecule has 2 N–H and O–H groups in total. The Kier molecular flexibility index (Phi) is 4.48. The van der Waals surface area contributed by atoms with Crippen LogP contribution in [0.1, 0.15) is 17.3 Å². The fraction of sp³-hybridized carbons (Fsp3) is 0.308. The smallest absolute Gasteiger partial charge is 0.0698 e. The van der Waals surface area contributed by atoms with Crippen LogP contribution in [0.4, 0.5) is 0 Å². The number of aryl methyl sites for hydroxylation is 2. The molecule has 0 fully saturated rings. The maximum atomic E-state index is 6.21. The van der Waals surface area contributed by atoms with Gasteiger partial charge < -0.3 is 5.73 Å². The summed E-state index contributed by atoms with van der Waals surface area (Å²) in [5.74, 6) is 0.835. The summed E-state index contributed by atoms with van der Waals surface area (Å²) in [5, 5.41) is 4.18. The second-order valence-electron chi connectivity index (χ2n) is 4.23. The number of hydrogen-bond donors (Lipinski definition) is 1. The number of rotatable bonds is 4. The van der Waals surface area contributed by atoms with E-state index in [1.165, 1.54) is 10.5 Å². The number of benzene rings is 1. The summed E-state index contributed by atoms with van der Waals surface area (Å²) in [4.78, 5) is 1.24. The molecule has 5 heteroatoms. The van der Waals surface area contributed by atoms with Crippen LogP contribution in [0.25, 0.3) is 0 Å². The first kappa shape index (κ1) is 13.6. The molecule has 0 bridgehead atoms. The highest BCUT2D eigenvalue weighted by Crippen LogP contribution is 2.27. The number of thioether (sulfide) groups is 1. The monoisotopic (exact) mass is 325 g/mol. The highest BCUT2D eigenvalue weighted by atomic mass is 79.9. The number of nitrogens with zero attached hydrogens (tertiary/aromatic N) is 2. The average Bonchev–Trinajstić information content (AvgIpc) is 2.68. The molecule has 0 amide bonds. The Bertz CT molecular complexity index is 502. The largest absolute Gasteiger partial charge is 0.322 e. The molecule has 0 radical (unpaired) electrons. The summed E-state index contributed by atoms with van der Waals surface area (Å²) in [5.41, 5.74) is 8.52. The van der Waals surface area contributed by atoms with Gasteiger partial charge in [-0.05, 0) is 35.0 Å². The van der Waals surface area contributed by atoms with Crippen LogP contribution in [-0.4, -0.2) is 15.5 Å². The van der Waals surface area contributed by atoms with E-state index in [0.717, 1.165) is 15.9 Å². The number of nitrogens with two attached hydrogens (primary N) is 1. The quantitative estimate of drug-likeness (QED) is 0.877. The third-order valence-corrected chi connectivity index (χ3v) is 4.48. The molecule has 0 aliphatic rings. The van der Waals surface area contributed by atoms with Crippen LogP contribution in [0.5, 0.6) is 0 Å². The zero-order valence-corrected chi connectivity index (χ0v) is 12.8. The standard InChI is InChI=1S/C13H16BrN3S/c1-9-3-5-10(6-4-9)18-8-12(15)13-11(14)7-16-17(13)2/h3-7,12H,8,15H2,1-2H3. The lowest BCUT2D eigenvalue weighted by molar-refractivity contribution is 0.657. The average molecular weight is 326 g/mol. The molecule has 96 valence electrons. The van der Waals surface area contributed by atoms with Crippen LogP contribution in [0.2, 0.25) is 0 Å². The van der Waals surface area contributed by atoms with Crippen molar-refractivity contribution >= 4 is 27.7 Å². The molecule has 1 aromatic carbocycles. The highest BCUT2D eigenvalue weighted by molar-refractivity contribution is 9.10. The topological polar surface area (TPSA) is 43.8 Å². The first-order valence-corrected chi connectivity index (χ1v) is 7.48. The van der Waals surface area contributed by atoms with Crippen molar-refractivity contribution in [1.29, 1.82) is 0 Å². The predicted molar refractivity (Wildman–Crippen MR) is 79.7 cm³/mol. The van der Waals surface area contributed by atoms with Gasteiger partial charge in [0.15, 0.2) is 0 Å². The van der Waals surface area contributed by atoms with Crippen LogP contribution >= 0.6 is 27.7 Å². The molecule has 2 aromatic rings. The Morgan fingerprint density at radius 1 is 1.39 bits per heavy atom. The van der Waals surface area contributed by atoms with E-state index in [4.69, 9.17) is 5.73 Å². The van der Waals surface area contributed by atoms with Crippen molar-refractivity contribution in [2.45, 2.75) is 17.9 Å². The lowest BCUT2D eigenvalue weighted by Gasteiger charge is -2.12. The van der Waals surface area contributed by atoms with Crippen LogP contribution in [0.15, 0.2) is 39.8 Å².